The minimum Gasteiger partial charge on any atom is -0.442 e. The number of fused-ring (bicyclic) bond motifs is 3. The Bertz CT molecular complexity index is 1130. The predicted octanol–water partition coefficient (Wildman–Crippen LogP) is 6.45. The fraction of sp³-hybridized carbons (Fsp3) is 0.409. The van der Waals surface area contributed by atoms with Gasteiger partial charge in [0.15, 0.2) is 5.82 Å². The van der Waals surface area contributed by atoms with Gasteiger partial charge in [0, 0.05) is 23.0 Å². The molecule has 0 saturated heterocycles. The first-order valence-electron chi connectivity index (χ1n) is 10.3. The summed E-state index contributed by atoms with van der Waals surface area (Å²) >= 11 is 11.9. The van der Waals surface area contributed by atoms with Crippen LogP contribution in [0.4, 0.5) is 5.69 Å². The van der Waals surface area contributed by atoms with Crippen molar-refractivity contribution in [2.24, 2.45) is 5.10 Å². The molecule has 0 bridgehead atoms. The van der Waals surface area contributed by atoms with E-state index < -0.39 is 0 Å². The summed E-state index contributed by atoms with van der Waals surface area (Å²) < 4.78 is 9.13. The lowest BCUT2D eigenvalue weighted by atomic mass is 9.95. The quantitative estimate of drug-likeness (QED) is 0.296. The molecule has 0 aliphatic heterocycles. The number of benzene rings is 1. The summed E-state index contributed by atoms with van der Waals surface area (Å²) in [4.78, 5) is 4.84. The molecule has 0 spiro atoms. The minimum absolute atomic E-state index is 0.372. The molecule has 1 fully saturated rings. The molecule has 2 aliphatic rings. The Kier molecular flexibility index (Phi) is 5.14. The normalized spacial score (nSPS) is 17.3. The van der Waals surface area contributed by atoms with E-state index in [2.05, 4.69) is 15.1 Å². The smallest absolute Gasteiger partial charge is 0.231 e. The Morgan fingerprint density at radius 2 is 1.93 bits per heavy atom. The highest BCUT2D eigenvalue weighted by molar-refractivity contribution is 7.71. The van der Waals surface area contributed by atoms with Crippen molar-refractivity contribution >= 4 is 46.8 Å². The third kappa shape index (κ3) is 3.60. The van der Waals surface area contributed by atoms with E-state index in [9.17, 15) is 0 Å². The molecule has 1 saturated carbocycles. The molecule has 0 unspecified atom stereocenters. The van der Waals surface area contributed by atoms with Crippen molar-refractivity contribution in [3.63, 3.8) is 0 Å². The van der Waals surface area contributed by atoms with E-state index in [1.54, 1.807) is 6.21 Å². The SMILES string of the molecule is S=c1c2c3c(oc2nc(/C=N/Nc2ccc(Cl)cc2)n1C1CCCCC1)CCC3. The lowest BCUT2D eigenvalue weighted by Gasteiger charge is -2.26. The van der Waals surface area contributed by atoms with Crippen LogP contribution in [-0.2, 0) is 12.8 Å². The molecule has 150 valence electrons. The number of hydrogen-bond donors (Lipinski definition) is 1. The van der Waals surface area contributed by atoms with Crippen LogP contribution in [0.2, 0.25) is 5.02 Å². The zero-order chi connectivity index (χ0) is 19.8. The van der Waals surface area contributed by atoms with Gasteiger partial charge in [0.05, 0.1) is 17.3 Å². The van der Waals surface area contributed by atoms with Gasteiger partial charge in [-0.05, 0) is 49.9 Å². The van der Waals surface area contributed by atoms with Crippen molar-refractivity contribution in [1.29, 1.82) is 0 Å². The number of hydrazone groups is 1. The van der Waals surface area contributed by atoms with Gasteiger partial charge in [-0.2, -0.15) is 10.1 Å². The van der Waals surface area contributed by atoms with E-state index in [1.165, 1.54) is 24.8 Å². The molecule has 5 nitrogen and oxygen atoms in total. The largest absolute Gasteiger partial charge is 0.442 e. The molecular formula is C22H23ClN4OS. The molecule has 1 aromatic carbocycles. The van der Waals surface area contributed by atoms with E-state index in [-0.39, 0.29) is 0 Å². The van der Waals surface area contributed by atoms with Crippen LogP contribution in [0.3, 0.4) is 0 Å². The highest BCUT2D eigenvalue weighted by atomic mass is 35.5. The topological polar surface area (TPSA) is 55.4 Å². The van der Waals surface area contributed by atoms with E-state index in [1.807, 2.05) is 24.3 Å². The molecule has 1 N–H and O–H groups in total. The number of hydrogen-bond acceptors (Lipinski definition) is 5. The molecule has 0 radical (unpaired) electrons. The molecule has 0 atom stereocenters. The highest BCUT2D eigenvalue weighted by Gasteiger charge is 2.26. The Labute approximate surface area is 179 Å². The highest BCUT2D eigenvalue weighted by Crippen LogP contribution is 2.36. The Morgan fingerprint density at radius 1 is 1.14 bits per heavy atom. The first-order valence-corrected chi connectivity index (χ1v) is 11.1. The van der Waals surface area contributed by atoms with Crippen LogP contribution in [0, 0.1) is 4.64 Å². The van der Waals surface area contributed by atoms with E-state index in [0.717, 1.165) is 59.4 Å². The number of furan rings is 1. The standard InChI is InChI=1S/C22H23ClN4OS/c23-14-9-11-15(12-10-14)26-24-13-19-25-21-20(17-7-4-8-18(17)28-21)22(29)27(19)16-5-2-1-3-6-16/h9-13,16,26H,1-8H2/b24-13+. The average molecular weight is 427 g/mol. The van der Waals surface area contributed by atoms with E-state index >= 15 is 0 Å². The third-order valence-corrected chi connectivity index (χ3v) is 6.61. The number of halogens is 1. The van der Waals surface area contributed by atoms with Crippen molar-refractivity contribution in [2.75, 3.05) is 5.43 Å². The maximum atomic E-state index is 6.06. The summed E-state index contributed by atoms with van der Waals surface area (Å²) in [5.41, 5.74) is 5.84. The molecule has 2 aromatic heterocycles. The number of aromatic nitrogens is 2. The Hall–Kier alpha value is -2.18. The molecule has 2 aliphatic carbocycles. The lowest BCUT2D eigenvalue weighted by molar-refractivity contribution is 0.346. The molecule has 7 heteroatoms. The summed E-state index contributed by atoms with van der Waals surface area (Å²) in [6, 6.07) is 7.81. The Morgan fingerprint density at radius 3 is 2.72 bits per heavy atom. The van der Waals surface area contributed by atoms with Gasteiger partial charge in [0.25, 0.3) is 0 Å². The Balaban J connectivity index is 1.56. The molecule has 0 amide bonds. The lowest BCUT2D eigenvalue weighted by Crippen LogP contribution is -2.19. The van der Waals surface area contributed by atoms with Crippen LogP contribution in [0.15, 0.2) is 33.8 Å². The van der Waals surface area contributed by atoms with Gasteiger partial charge in [-0.1, -0.05) is 43.1 Å². The van der Waals surface area contributed by atoms with Crippen molar-refractivity contribution in [3.05, 3.63) is 51.1 Å². The van der Waals surface area contributed by atoms with Gasteiger partial charge in [0.1, 0.15) is 10.4 Å². The zero-order valence-corrected chi connectivity index (χ0v) is 17.7. The zero-order valence-electron chi connectivity index (χ0n) is 16.2. The van der Waals surface area contributed by atoms with Gasteiger partial charge in [-0.3, -0.25) is 5.43 Å². The number of nitrogens with zero attached hydrogens (tertiary/aromatic N) is 3. The summed E-state index contributed by atoms with van der Waals surface area (Å²) in [5.74, 6) is 1.81. The average Bonchev–Trinajstić information content (AvgIpc) is 3.31. The summed E-state index contributed by atoms with van der Waals surface area (Å²) in [6.07, 6.45) is 10.9. The van der Waals surface area contributed by atoms with Crippen LogP contribution in [-0.4, -0.2) is 15.8 Å². The van der Waals surface area contributed by atoms with Gasteiger partial charge >= 0.3 is 0 Å². The predicted molar refractivity (Wildman–Crippen MR) is 120 cm³/mol. The first-order chi connectivity index (χ1) is 14.2. The van der Waals surface area contributed by atoms with Gasteiger partial charge in [0.2, 0.25) is 5.71 Å². The number of aryl methyl sites for hydroxylation is 2. The second-order valence-corrected chi connectivity index (χ2v) is 8.67. The van der Waals surface area contributed by atoms with Crippen LogP contribution in [0.5, 0.6) is 0 Å². The number of nitrogens with one attached hydrogen (secondary N) is 1. The van der Waals surface area contributed by atoms with Crippen molar-refractivity contribution in [2.45, 2.75) is 57.4 Å². The third-order valence-electron chi connectivity index (χ3n) is 5.96. The summed E-state index contributed by atoms with van der Waals surface area (Å²) in [5, 5.41) is 6.16. The van der Waals surface area contributed by atoms with Gasteiger partial charge in [-0.25, -0.2) is 0 Å². The summed E-state index contributed by atoms with van der Waals surface area (Å²) in [7, 11) is 0. The first kappa shape index (κ1) is 18.8. The van der Waals surface area contributed by atoms with E-state index in [4.69, 9.17) is 33.2 Å². The molecule has 3 aromatic rings. The van der Waals surface area contributed by atoms with Gasteiger partial charge < -0.3 is 8.98 Å². The van der Waals surface area contributed by atoms with Crippen LogP contribution >= 0.6 is 23.8 Å². The summed E-state index contributed by atoms with van der Waals surface area (Å²) in [6.45, 7) is 0. The molecular weight excluding hydrogens is 404 g/mol. The molecule has 2 heterocycles. The monoisotopic (exact) mass is 426 g/mol. The van der Waals surface area contributed by atoms with Crippen LogP contribution in [0.1, 0.15) is 61.7 Å². The number of rotatable bonds is 4. The van der Waals surface area contributed by atoms with Crippen LogP contribution < -0.4 is 5.43 Å². The van der Waals surface area contributed by atoms with E-state index in [0.29, 0.717) is 16.8 Å². The number of anilines is 1. The fourth-order valence-electron chi connectivity index (χ4n) is 4.54. The minimum atomic E-state index is 0.372. The second-order valence-electron chi connectivity index (χ2n) is 7.85. The van der Waals surface area contributed by atoms with Gasteiger partial charge in [-0.15, -0.1) is 0 Å². The van der Waals surface area contributed by atoms with Crippen LogP contribution in [0.25, 0.3) is 11.1 Å². The maximum absolute atomic E-state index is 6.06. The van der Waals surface area contributed by atoms with Crippen molar-refractivity contribution in [1.82, 2.24) is 9.55 Å². The molecule has 29 heavy (non-hydrogen) atoms. The molecule has 5 rings (SSSR count). The maximum Gasteiger partial charge on any atom is 0.231 e. The van der Waals surface area contributed by atoms with Crippen molar-refractivity contribution in [3.8, 4) is 0 Å². The fourth-order valence-corrected chi connectivity index (χ4v) is 5.12. The van der Waals surface area contributed by atoms with Crippen molar-refractivity contribution < 1.29 is 4.42 Å². The second kappa shape index (κ2) is 7.92.